The van der Waals surface area contributed by atoms with E-state index in [1.165, 1.54) is 17.3 Å². The van der Waals surface area contributed by atoms with Crippen LogP contribution in [0.1, 0.15) is 46.8 Å². The number of furan rings is 1. The second-order valence-corrected chi connectivity index (χ2v) is 9.36. The zero-order valence-electron chi connectivity index (χ0n) is 21.2. The van der Waals surface area contributed by atoms with Gasteiger partial charge >= 0.3 is 0 Å². The van der Waals surface area contributed by atoms with Gasteiger partial charge in [-0.15, -0.1) is 0 Å². The molecule has 1 atom stereocenters. The molecule has 0 N–H and O–H groups in total. The molecule has 1 aliphatic heterocycles. The minimum absolute atomic E-state index is 0.0896. The van der Waals surface area contributed by atoms with Gasteiger partial charge in [0.2, 0.25) is 5.43 Å². The molecule has 3 aromatic heterocycles. The van der Waals surface area contributed by atoms with Crippen molar-refractivity contribution in [2.75, 3.05) is 0 Å². The van der Waals surface area contributed by atoms with E-state index in [4.69, 9.17) is 4.42 Å². The average molecular weight is 522 g/mol. The smallest absolute Gasteiger partial charge is 0.280 e. The van der Waals surface area contributed by atoms with Gasteiger partial charge in [0, 0.05) is 36.3 Å². The van der Waals surface area contributed by atoms with Crippen LogP contribution in [0.4, 0.5) is 5.69 Å². The maximum Gasteiger partial charge on any atom is 0.280 e. The first kappa shape index (κ1) is 24.2. The summed E-state index contributed by atoms with van der Waals surface area (Å²) in [6.45, 7) is 4.21. The average Bonchev–Trinajstić information content (AvgIpc) is 3.58. The molecule has 0 saturated heterocycles. The summed E-state index contributed by atoms with van der Waals surface area (Å²) < 4.78 is 7.75. The predicted octanol–water partition coefficient (Wildman–Crippen LogP) is 5.37. The molecule has 0 bridgehead atoms. The van der Waals surface area contributed by atoms with Crippen LogP contribution in [0.3, 0.4) is 0 Å². The molecule has 0 saturated carbocycles. The summed E-state index contributed by atoms with van der Waals surface area (Å²) in [5.74, 6) is -0.196. The molecule has 1 amide bonds. The van der Waals surface area contributed by atoms with Crippen molar-refractivity contribution < 1.29 is 14.1 Å². The summed E-state index contributed by atoms with van der Waals surface area (Å²) in [5, 5.41) is 18.8. The van der Waals surface area contributed by atoms with Crippen molar-refractivity contribution >= 4 is 39.3 Å². The molecule has 10 nitrogen and oxygen atoms in total. The van der Waals surface area contributed by atoms with Crippen LogP contribution in [0.15, 0.2) is 87.2 Å². The molecule has 0 radical (unpaired) electrons. The van der Waals surface area contributed by atoms with E-state index in [9.17, 15) is 19.7 Å². The number of hydrazone groups is 1. The van der Waals surface area contributed by atoms with Crippen LogP contribution in [0, 0.1) is 17.0 Å². The highest BCUT2D eigenvalue weighted by Crippen LogP contribution is 2.38. The molecule has 4 heterocycles. The Kier molecular flexibility index (Phi) is 5.79. The second kappa shape index (κ2) is 9.32. The van der Waals surface area contributed by atoms with Crippen molar-refractivity contribution in [1.82, 2.24) is 14.6 Å². The number of hydrogen-bond acceptors (Lipinski definition) is 7. The van der Waals surface area contributed by atoms with E-state index in [0.717, 1.165) is 11.1 Å². The summed E-state index contributed by atoms with van der Waals surface area (Å²) in [4.78, 5) is 43.5. The largest absolute Gasteiger partial charge is 0.455 e. The summed E-state index contributed by atoms with van der Waals surface area (Å²) in [6.07, 6.45) is 1.66. The van der Waals surface area contributed by atoms with Crippen molar-refractivity contribution in [3.63, 3.8) is 0 Å². The number of carbonyl (C=O) groups excluding carboxylic acids is 1. The van der Waals surface area contributed by atoms with Crippen molar-refractivity contribution in [1.29, 1.82) is 0 Å². The standard InChI is InChI=1S/C29H23N5O5/c1-3-32-16-21(27(35)20-13-12-17(2)30-28(20)32)29(36)33-24(19-9-5-6-10-23(19)34(37)38)15-22(31-33)26-14-18-8-4-7-11-25(18)39-26/h4-14,16,24H,3,15H2,1-2H3. The van der Waals surface area contributed by atoms with Gasteiger partial charge in [0.05, 0.1) is 21.9 Å². The Morgan fingerprint density at radius 2 is 1.90 bits per heavy atom. The molecule has 6 rings (SSSR count). The fraction of sp³-hybridized carbons (Fsp3) is 0.172. The van der Waals surface area contributed by atoms with Gasteiger partial charge in [-0.05, 0) is 44.2 Å². The third-order valence-corrected chi connectivity index (χ3v) is 6.95. The molecule has 0 fully saturated rings. The Bertz CT molecular complexity index is 1850. The molecule has 0 spiro atoms. The maximum absolute atomic E-state index is 14.0. The van der Waals surface area contributed by atoms with Crippen molar-refractivity contribution in [3.05, 3.63) is 116 Å². The highest BCUT2D eigenvalue weighted by molar-refractivity contribution is 6.05. The number of nitro benzene ring substituents is 1. The van der Waals surface area contributed by atoms with Crippen molar-refractivity contribution in [2.45, 2.75) is 32.9 Å². The Hall–Kier alpha value is -5.12. The number of amides is 1. The molecule has 5 aromatic rings. The summed E-state index contributed by atoms with van der Waals surface area (Å²) in [5.41, 5.74) is 1.97. The van der Waals surface area contributed by atoms with Gasteiger partial charge in [0.1, 0.15) is 22.5 Å². The molecule has 2 aromatic carbocycles. The first-order chi connectivity index (χ1) is 18.9. The van der Waals surface area contributed by atoms with E-state index in [1.54, 1.807) is 34.9 Å². The fourth-order valence-electron chi connectivity index (χ4n) is 5.03. The normalized spacial score (nSPS) is 15.2. The van der Waals surface area contributed by atoms with Gasteiger partial charge < -0.3 is 8.98 Å². The highest BCUT2D eigenvalue weighted by atomic mass is 16.6. The van der Waals surface area contributed by atoms with E-state index in [1.807, 2.05) is 44.2 Å². The van der Waals surface area contributed by atoms with Crippen LogP contribution < -0.4 is 5.43 Å². The summed E-state index contributed by atoms with van der Waals surface area (Å²) >= 11 is 0. The van der Waals surface area contributed by atoms with Crippen LogP contribution in [0.5, 0.6) is 0 Å². The van der Waals surface area contributed by atoms with Crippen LogP contribution in [0.2, 0.25) is 0 Å². The molecule has 39 heavy (non-hydrogen) atoms. The molecule has 1 aliphatic rings. The third kappa shape index (κ3) is 4.06. The van der Waals surface area contributed by atoms with E-state index in [2.05, 4.69) is 10.1 Å². The summed E-state index contributed by atoms with van der Waals surface area (Å²) in [7, 11) is 0. The summed E-state index contributed by atoms with van der Waals surface area (Å²) in [6, 6.07) is 18.1. The predicted molar refractivity (Wildman–Crippen MR) is 146 cm³/mol. The first-order valence-corrected chi connectivity index (χ1v) is 12.5. The molecule has 10 heteroatoms. The Labute approximate surface area is 222 Å². The lowest BCUT2D eigenvalue weighted by molar-refractivity contribution is -0.385. The van der Waals surface area contributed by atoms with Gasteiger partial charge in [0.15, 0.2) is 5.76 Å². The highest BCUT2D eigenvalue weighted by Gasteiger charge is 2.39. The number of rotatable bonds is 5. The Morgan fingerprint density at radius 3 is 2.67 bits per heavy atom. The number of aromatic nitrogens is 2. The van der Waals surface area contributed by atoms with Gasteiger partial charge in [-0.3, -0.25) is 19.7 Å². The lowest BCUT2D eigenvalue weighted by atomic mass is 9.98. The molecular weight excluding hydrogens is 498 g/mol. The van der Waals surface area contributed by atoms with E-state index < -0.39 is 22.3 Å². The number of hydrogen-bond donors (Lipinski definition) is 0. The molecule has 0 aliphatic carbocycles. The minimum atomic E-state index is -0.816. The van der Waals surface area contributed by atoms with E-state index in [-0.39, 0.29) is 17.7 Å². The van der Waals surface area contributed by atoms with Gasteiger partial charge in [0.25, 0.3) is 11.6 Å². The Morgan fingerprint density at radius 1 is 1.13 bits per heavy atom. The van der Waals surface area contributed by atoms with Crippen LogP contribution in [-0.4, -0.2) is 31.1 Å². The number of nitrogens with zero attached hydrogens (tertiary/aromatic N) is 5. The monoisotopic (exact) mass is 521 g/mol. The van der Waals surface area contributed by atoms with Gasteiger partial charge in [-0.1, -0.05) is 30.3 Å². The van der Waals surface area contributed by atoms with Crippen molar-refractivity contribution in [2.24, 2.45) is 5.10 Å². The lowest BCUT2D eigenvalue weighted by Gasteiger charge is -2.22. The second-order valence-electron chi connectivity index (χ2n) is 9.36. The van der Waals surface area contributed by atoms with Crippen molar-refractivity contribution in [3.8, 4) is 0 Å². The minimum Gasteiger partial charge on any atom is -0.455 e. The van der Waals surface area contributed by atoms with Crippen LogP contribution >= 0.6 is 0 Å². The van der Waals surface area contributed by atoms with Gasteiger partial charge in [-0.2, -0.15) is 5.10 Å². The molecular formula is C29H23N5O5. The fourth-order valence-corrected chi connectivity index (χ4v) is 5.03. The number of fused-ring (bicyclic) bond motifs is 2. The van der Waals surface area contributed by atoms with Gasteiger partial charge in [-0.25, -0.2) is 9.99 Å². The number of nitro groups is 1. The third-order valence-electron chi connectivity index (χ3n) is 6.95. The first-order valence-electron chi connectivity index (χ1n) is 12.5. The molecule has 194 valence electrons. The number of pyridine rings is 2. The van der Waals surface area contributed by atoms with Crippen LogP contribution in [-0.2, 0) is 6.54 Å². The topological polar surface area (TPSA) is 124 Å². The zero-order chi connectivity index (χ0) is 27.3. The molecule has 1 unspecified atom stereocenters. The number of carbonyl (C=O) groups is 1. The zero-order valence-corrected chi connectivity index (χ0v) is 21.2. The number of aryl methyl sites for hydroxylation is 2. The number of para-hydroxylation sites is 2. The van der Waals surface area contributed by atoms with E-state index >= 15 is 0 Å². The SMILES string of the molecule is CCn1cc(C(=O)N2N=C(c3cc4ccccc4o3)CC2c2ccccc2[N+](=O)[O-])c(=O)c2ccc(C)nc21. The Balaban J connectivity index is 1.51. The van der Waals surface area contributed by atoms with E-state index in [0.29, 0.717) is 40.2 Å². The number of benzene rings is 2. The lowest BCUT2D eigenvalue weighted by Crippen LogP contribution is -2.32. The maximum atomic E-state index is 14.0. The quantitative estimate of drug-likeness (QED) is 0.226. The van der Waals surface area contributed by atoms with Crippen LogP contribution in [0.25, 0.3) is 22.0 Å².